The Morgan fingerprint density at radius 2 is 1.92 bits per heavy atom. The topological polar surface area (TPSA) is 49.3 Å². The average molecular weight is 385 g/mol. The van der Waals surface area contributed by atoms with Crippen LogP contribution in [0.1, 0.15) is 20.9 Å². The molecule has 0 radical (unpaired) electrons. The minimum absolute atomic E-state index is 0.117. The molecule has 26 heavy (non-hydrogen) atoms. The minimum Gasteiger partial charge on any atom is -0.335 e. The fourth-order valence-corrected chi connectivity index (χ4v) is 4.93. The molecule has 0 aromatic carbocycles. The molecule has 0 atom stereocenters. The number of carbonyl (C=O) groups is 1. The summed E-state index contributed by atoms with van der Waals surface area (Å²) in [6, 6.07) is 8.16. The molecule has 0 spiro atoms. The number of nitrogens with zero attached hydrogens (tertiary/aromatic N) is 4. The Balaban J connectivity index is 1.39. The Hall–Kier alpha value is -2.09. The summed E-state index contributed by atoms with van der Waals surface area (Å²) < 4.78 is 0. The van der Waals surface area contributed by atoms with Crippen LogP contribution in [0.15, 0.2) is 42.0 Å². The normalized spacial score (nSPS) is 15.3. The van der Waals surface area contributed by atoms with E-state index in [0.29, 0.717) is 0 Å². The van der Waals surface area contributed by atoms with Crippen LogP contribution in [0.2, 0.25) is 0 Å². The standard InChI is InChI=1S/C19H20N4OS2/c1-14-17(26-18(21-14)16-3-2-12-25-16)19(24)23-10-8-22(9-11-23)13-15-4-6-20-7-5-15/h2-7,12H,8-11,13H2,1H3. The summed E-state index contributed by atoms with van der Waals surface area (Å²) in [5.74, 6) is 0.117. The van der Waals surface area contributed by atoms with Gasteiger partial charge in [-0.25, -0.2) is 4.98 Å². The van der Waals surface area contributed by atoms with Gasteiger partial charge in [-0.2, -0.15) is 0 Å². The van der Waals surface area contributed by atoms with Gasteiger partial charge in [-0.05, 0) is 36.1 Å². The van der Waals surface area contributed by atoms with Crippen molar-refractivity contribution in [3.63, 3.8) is 0 Å². The van der Waals surface area contributed by atoms with Crippen LogP contribution in [-0.2, 0) is 6.54 Å². The SMILES string of the molecule is Cc1nc(-c2cccs2)sc1C(=O)N1CCN(Cc2ccncc2)CC1. The molecule has 3 aromatic heterocycles. The lowest BCUT2D eigenvalue weighted by atomic mass is 10.2. The van der Waals surface area contributed by atoms with Crippen LogP contribution in [0, 0.1) is 6.92 Å². The molecule has 4 rings (SSSR count). The molecule has 1 fully saturated rings. The number of hydrogen-bond donors (Lipinski definition) is 0. The number of carbonyl (C=O) groups excluding carboxylic acids is 1. The molecule has 1 aliphatic heterocycles. The monoisotopic (exact) mass is 384 g/mol. The van der Waals surface area contributed by atoms with Gasteiger partial charge in [0.2, 0.25) is 0 Å². The zero-order valence-electron chi connectivity index (χ0n) is 14.6. The van der Waals surface area contributed by atoms with Crippen molar-refractivity contribution in [1.29, 1.82) is 0 Å². The molecule has 5 nitrogen and oxygen atoms in total. The van der Waals surface area contributed by atoms with Crippen molar-refractivity contribution >= 4 is 28.6 Å². The van der Waals surface area contributed by atoms with E-state index in [1.807, 2.05) is 47.8 Å². The van der Waals surface area contributed by atoms with Gasteiger partial charge in [-0.15, -0.1) is 22.7 Å². The number of piperazine rings is 1. The van der Waals surface area contributed by atoms with Crippen molar-refractivity contribution in [1.82, 2.24) is 19.8 Å². The predicted molar refractivity (Wildman–Crippen MR) is 106 cm³/mol. The number of thiazole rings is 1. The Kier molecular flexibility index (Phi) is 5.10. The predicted octanol–water partition coefficient (Wildman–Crippen LogP) is 3.53. The summed E-state index contributed by atoms with van der Waals surface area (Å²) in [6.45, 7) is 6.14. The molecule has 7 heteroatoms. The Bertz CT molecular complexity index is 868. The van der Waals surface area contributed by atoms with E-state index in [1.54, 1.807) is 11.3 Å². The average Bonchev–Trinajstić information content (AvgIpc) is 3.32. The molecule has 3 aromatic rings. The van der Waals surface area contributed by atoms with Crippen LogP contribution in [0.25, 0.3) is 9.88 Å². The molecule has 1 saturated heterocycles. The van der Waals surface area contributed by atoms with Gasteiger partial charge in [0.15, 0.2) is 0 Å². The number of thiophene rings is 1. The van der Waals surface area contributed by atoms with E-state index in [2.05, 4.69) is 20.9 Å². The maximum absolute atomic E-state index is 12.9. The number of hydrogen-bond acceptors (Lipinski definition) is 6. The van der Waals surface area contributed by atoms with Gasteiger partial charge in [-0.1, -0.05) is 6.07 Å². The molecule has 0 saturated carbocycles. The van der Waals surface area contributed by atoms with Crippen LogP contribution in [-0.4, -0.2) is 51.9 Å². The van der Waals surface area contributed by atoms with Crippen molar-refractivity contribution in [2.24, 2.45) is 0 Å². The highest BCUT2D eigenvalue weighted by Gasteiger charge is 2.25. The van der Waals surface area contributed by atoms with Gasteiger partial charge in [0.05, 0.1) is 10.6 Å². The second-order valence-corrected chi connectivity index (χ2v) is 8.28. The van der Waals surface area contributed by atoms with Gasteiger partial charge in [0.1, 0.15) is 9.88 Å². The van der Waals surface area contributed by atoms with Gasteiger partial charge in [0, 0.05) is 45.1 Å². The molecular formula is C19H20N4OS2. The van der Waals surface area contributed by atoms with Crippen molar-refractivity contribution < 1.29 is 4.79 Å². The van der Waals surface area contributed by atoms with Crippen LogP contribution in [0.4, 0.5) is 0 Å². The number of aryl methyl sites for hydroxylation is 1. The number of aromatic nitrogens is 2. The van der Waals surface area contributed by atoms with Crippen LogP contribution in [0.5, 0.6) is 0 Å². The smallest absolute Gasteiger partial charge is 0.265 e. The van der Waals surface area contributed by atoms with E-state index >= 15 is 0 Å². The quantitative estimate of drug-likeness (QED) is 0.690. The van der Waals surface area contributed by atoms with Crippen molar-refractivity contribution in [3.05, 3.63) is 58.2 Å². The third kappa shape index (κ3) is 3.70. The van der Waals surface area contributed by atoms with E-state index in [0.717, 1.165) is 53.2 Å². The van der Waals surface area contributed by atoms with Crippen molar-refractivity contribution in [3.8, 4) is 9.88 Å². The molecule has 4 heterocycles. The lowest BCUT2D eigenvalue weighted by Gasteiger charge is -2.34. The fourth-order valence-electron chi connectivity index (χ4n) is 3.10. The van der Waals surface area contributed by atoms with E-state index < -0.39 is 0 Å². The van der Waals surface area contributed by atoms with Gasteiger partial charge < -0.3 is 4.90 Å². The molecule has 0 unspecified atom stereocenters. The summed E-state index contributed by atoms with van der Waals surface area (Å²) in [5.41, 5.74) is 2.10. The largest absolute Gasteiger partial charge is 0.335 e. The molecule has 0 aliphatic carbocycles. The summed E-state index contributed by atoms with van der Waals surface area (Å²) in [5, 5.41) is 2.98. The van der Waals surface area contributed by atoms with Crippen molar-refractivity contribution in [2.45, 2.75) is 13.5 Å². The van der Waals surface area contributed by atoms with Crippen LogP contribution >= 0.6 is 22.7 Å². The molecule has 134 valence electrons. The maximum Gasteiger partial charge on any atom is 0.265 e. The van der Waals surface area contributed by atoms with E-state index in [4.69, 9.17) is 0 Å². The Labute approximate surface area is 160 Å². The minimum atomic E-state index is 0.117. The first-order valence-corrected chi connectivity index (χ1v) is 10.3. The van der Waals surface area contributed by atoms with Gasteiger partial charge in [0.25, 0.3) is 5.91 Å². The van der Waals surface area contributed by atoms with Gasteiger partial charge >= 0.3 is 0 Å². The summed E-state index contributed by atoms with van der Waals surface area (Å²) in [4.78, 5) is 27.8. The van der Waals surface area contributed by atoms with E-state index in [1.165, 1.54) is 16.9 Å². The lowest BCUT2D eigenvalue weighted by molar-refractivity contribution is 0.0632. The number of rotatable bonds is 4. The maximum atomic E-state index is 12.9. The molecular weight excluding hydrogens is 364 g/mol. The van der Waals surface area contributed by atoms with Crippen molar-refractivity contribution in [2.75, 3.05) is 26.2 Å². The first-order chi connectivity index (χ1) is 12.7. The van der Waals surface area contributed by atoms with Crippen LogP contribution in [0.3, 0.4) is 0 Å². The zero-order chi connectivity index (χ0) is 17.9. The number of amides is 1. The lowest BCUT2D eigenvalue weighted by Crippen LogP contribution is -2.48. The van der Waals surface area contributed by atoms with Gasteiger partial charge in [-0.3, -0.25) is 14.7 Å². The highest BCUT2D eigenvalue weighted by Crippen LogP contribution is 2.31. The second kappa shape index (κ2) is 7.65. The molecule has 1 aliphatic rings. The highest BCUT2D eigenvalue weighted by atomic mass is 32.1. The van der Waals surface area contributed by atoms with Crippen LogP contribution < -0.4 is 0 Å². The first-order valence-electron chi connectivity index (χ1n) is 8.62. The second-order valence-electron chi connectivity index (χ2n) is 6.33. The van der Waals surface area contributed by atoms with E-state index in [9.17, 15) is 4.79 Å². The van der Waals surface area contributed by atoms with E-state index in [-0.39, 0.29) is 5.91 Å². The summed E-state index contributed by atoms with van der Waals surface area (Å²) in [6.07, 6.45) is 3.65. The Morgan fingerprint density at radius 3 is 2.62 bits per heavy atom. The first kappa shape index (κ1) is 17.3. The zero-order valence-corrected chi connectivity index (χ0v) is 16.2. The molecule has 0 N–H and O–H groups in total. The Morgan fingerprint density at radius 1 is 1.15 bits per heavy atom. The third-order valence-corrected chi connectivity index (χ3v) is 6.72. The molecule has 0 bridgehead atoms. The fraction of sp³-hybridized carbons (Fsp3) is 0.316. The summed E-state index contributed by atoms with van der Waals surface area (Å²) >= 11 is 3.17. The summed E-state index contributed by atoms with van der Waals surface area (Å²) in [7, 11) is 0. The highest BCUT2D eigenvalue weighted by molar-refractivity contribution is 7.22. The molecule has 1 amide bonds. The number of pyridine rings is 1. The third-order valence-electron chi connectivity index (χ3n) is 4.54.